The Morgan fingerprint density at radius 2 is 1.67 bits per heavy atom. The quantitative estimate of drug-likeness (QED) is 0.705. The van der Waals surface area contributed by atoms with Crippen LogP contribution in [-0.4, -0.2) is 7.11 Å². The molecule has 0 aliphatic rings. The molecule has 112 valence electrons. The van der Waals surface area contributed by atoms with Crippen molar-refractivity contribution >= 4 is 18.1 Å². The van der Waals surface area contributed by atoms with E-state index in [1.54, 1.807) is 0 Å². The van der Waals surface area contributed by atoms with Crippen LogP contribution in [0.5, 0.6) is 0 Å². The maximum Gasteiger partial charge on any atom is 0.331 e. The largest absolute Gasteiger partial charge is 0.331 e. The smallest absolute Gasteiger partial charge is 0.313 e. The maximum atomic E-state index is 12.9. The van der Waals surface area contributed by atoms with Crippen molar-refractivity contribution in [2.45, 2.75) is 24.3 Å². The van der Waals surface area contributed by atoms with Crippen LogP contribution in [-0.2, 0) is 9.09 Å². The van der Waals surface area contributed by atoms with E-state index in [-0.39, 0.29) is 6.04 Å². The van der Waals surface area contributed by atoms with Gasteiger partial charge in [-0.15, -0.1) is 0 Å². The van der Waals surface area contributed by atoms with E-state index in [4.69, 9.17) is 4.52 Å². The zero-order valence-electron chi connectivity index (χ0n) is 12.2. The minimum atomic E-state index is -2.99. The Kier molecular flexibility index (Phi) is 6.07. The predicted molar refractivity (Wildman–Crippen MR) is 89.5 cm³/mol. The van der Waals surface area contributed by atoms with E-state index in [1.807, 2.05) is 60.7 Å². The molecule has 0 bridgehead atoms. The van der Waals surface area contributed by atoms with Gasteiger partial charge >= 0.3 is 6.72 Å². The summed E-state index contributed by atoms with van der Waals surface area (Å²) < 4.78 is 18.2. The number of hydrogen-bond donors (Lipinski definition) is 1. The van der Waals surface area contributed by atoms with Crippen LogP contribution in [0, 0.1) is 0 Å². The highest BCUT2D eigenvalue weighted by Crippen LogP contribution is 2.60. The first kappa shape index (κ1) is 16.3. The van der Waals surface area contributed by atoms with Crippen molar-refractivity contribution in [3.05, 3.63) is 66.2 Å². The second kappa shape index (κ2) is 7.81. The first-order valence-electron chi connectivity index (χ1n) is 6.90. The summed E-state index contributed by atoms with van der Waals surface area (Å²) in [4.78, 5) is 0.929. The van der Waals surface area contributed by atoms with Gasteiger partial charge in [-0.3, -0.25) is 4.57 Å². The van der Waals surface area contributed by atoms with E-state index in [9.17, 15) is 4.57 Å². The molecule has 0 fully saturated rings. The molecule has 0 saturated carbocycles. The Morgan fingerprint density at radius 3 is 2.19 bits per heavy atom. The first-order valence-corrected chi connectivity index (χ1v) is 9.94. The normalized spacial score (nSPS) is 15.3. The fourth-order valence-corrected chi connectivity index (χ4v) is 5.48. The number of nitrogens with one attached hydrogen (secondary N) is 1. The lowest BCUT2D eigenvalue weighted by Crippen LogP contribution is -2.17. The molecule has 2 rings (SSSR count). The Morgan fingerprint density at radius 1 is 1.10 bits per heavy atom. The lowest BCUT2D eigenvalue weighted by molar-refractivity contribution is 0.389. The molecule has 0 aliphatic carbocycles. The van der Waals surface area contributed by atoms with Crippen LogP contribution < -0.4 is 5.09 Å². The van der Waals surface area contributed by atoms with E-state index < -0.39 is 6.72 Å². The van der Waals surface area contributed by atoms with Crippen molar-refractivity contribution < 1.29 is 9.09 Å². The van der Waals surface area contributed by atoms with Crippen LogP contribution >= 0.6 is 18.1 Å². The molecule has 2 aromatic rings. The summed E-state index contributed by atoms with van der Waals surface area (Å²) in [5.74, 6) is 0. The van der Waals surface area contributed by atoms with Gasteiger partial charge in [0.05, 0.1) is 0 Å². The number of benzene rings is 2. The minimum Gasteiger partial charge on any atom is -0.313 e. The molecule has 2 aromatic carbocycles. The Balaban J connectivity index is 2.15. The van der Waals surface area contributed by atoms with Gasteiger partial charge in [0.15, 0.2) is 0 Å². The van der Waals surface area contributed by atoms with Gasteiger partial charge in [-0.05, 0) is 35.5 Å². The molecular weight excluding hydrogens is 301 g/mol. The zero-order chi connectivity index (χ0) is 15.1. The van der Waals surface area contributed by atoms with Crippen LogP contribution in [0.2, 0.25) is 0 Å². The third-order valence-electron chi connectivity index (χ3n) is 3.13. The third kappa shape index (κ3) is 4.72. The van der Waals surface area contributed by atoms with Gasteiger partial charge in [-0.25, -0.2) is 5.09 Å². The molecule has 0 heterocycles. The van der Waals surface area contributed by atoms with Crippen molar-refractivity contribution in [1.82, 2.24) is 5.09 Å². The number of rotatable bonds is 7. The predicted octanol–water partition coefficient (Wildman–Crippen LogP) is 5.27. The summed E-state index contributed by atoms with van der Waals surface area (Å²) in [5, 5.41) is 3.19. The Bertz CT molecular complexity index is 592. The van der Waals surface area contributed by atoms with Crippen molar-refractivity contribution in [2.24, 2.45) is 0 Å². The van der Waals surface area contributed by atoms with Gasteiger partial charge in [0.2, 0.25) is 0 Å². The van der Waals surface area contributed by atoms with Gasteiger partial charge in [0.1, 0.15) is 0 Å². The van der Waals surface area contributed by atoms with E-state index in [1.165, 1.54) is 18.5 Å². The molecule has 0 amide bonds. The number of hydrogen-bond acceptors (Lipinski definition) is 3. The fraction of sp³-hybridized carbons (Fsp3) is 0.250. The molecule has 0 aliphatic heterocycles. The van der Waals surface area contributed by atoms with Gasteiger partial charge in [-0.2, -0.15) is 0 Å². The van der Waals surface area contributed by atoms with Crippen LogP contribution in [0.1, 0.15) is 24.9 Å². The fourth-order valence-electron chi connectivity index (χ4n) is 2.01. The monoisotopic (exact) mass is 321 g/mol. The minimum absolute atomic E-state index is 0.00759. The molecular formula is C16H20NO2PS. The molecule has 0 radical (unpaired) electrons. The van der Waals surface area contributed by atoms with Crippen LogP contribution in [0.4, 0.5) is 0 Å². The first-order chi connectivity index (χ1) is 10.2. The summed E-state index contributed by atoms with van der Waals surface area (Å²) in [7, 11) is 1.49. The summed E-state index contributed by atoms with van der Waals surface area (Å²) >= 11 is 1.25. The van der Waals surface area contributed by atoms with E-state index in [0.29, 0.717) is 0 Å². The van der Waals surface area contributed by atoms with Crippen molar-refractivity contribution in [3.8, 4) is 0 Å². The summed E-state index contributed by atoms with van der Waals surface area (Å²) in [6, 6.07) is 19.7. The van der Waals surface area contributed by atoms with Gasteiger partial charge in [-0.1, -0.05) is 55.5 Å². The maximum absolute atomic E-state index is 12.9. The van der Waals surface area contributed by atoms with Crippen LogP contribution in [0.25, 0.3) is 0 Å². The zero-order valence-corrected chi connectivity index (χ0v) is 13.9. The van der Waals surface area contributed by atoms with Crippen LogP contribution in [0.15, 0.2) is 65.6 Å². The summed E-state index contributed by atoms with van der Waals surface area (Å²) in [5.41, 5.74) is 1.12. The lowest BCUT2D eigenvalue weighted by atomic mass is 10.1. The molecule has 0 saturated heterocycles. The van der Waals surface area contributed by atoms with Crippen molar-refractivity contribution in [1.29, 1.82) is 0 Å². The molecule has 2 unspecified atom stereocenters. The van der Waals surface area contributed by atoms with Gasteiger partial charge in [0, 0.05) is 18.0 Å². The molecule has 3 nitrogen and oxygen atoms in total. The van der Waals surface area contributed by atoms with E-state index in [2.05, 4.69) is 12.0 Å². The second-order valence-electron chi connectivity index (χ2n) is 4.58. The molecule has 0 aromatic heterocycles. The molecule has 5 heteroatoms. The highest BCUT2D eigenvalue weighted by molar-refractivity contribution is 8.56. The summed E-state index contributed by atoms with van der Waals surface area (Å²) in [6.07, 6.45) is 0.840. The van der Waals surface area contributed by atoms with Crippen LogP contribution in [0.3, 0.4) is 0 Å². The average molecular weight is 321 g/mol. The standard InChI is InChI=1S/C16H20NO2PS/c1-3-16(14-10-6-4-7-11-14)17-20(18,19-2)21-15-12-8-5-9-13-15/h4-13,16H,3H2,1-2H3,(H,17,18). The average Bonchev–Trinajstić information content (AvgIpc) is 2.54. The topological polar surface area (TPSA) is 38.3 Å². The van der Waals surface area contributed by atoms with Crippen molar-refractivity contribution in [3.63, 3.8) is 0 Å². The van der Waals surface area contributed by atoms with Crippen molar-refractivity contribution in [2.75, 3.05) is 7.11 Å². The Labute approximate surface area is 130 Å². The summed E-state index contributed by atoms with van der Waals surface area (Å²) in [6.45, 7) is -0.926. The highest BCUT2D eigenvalue weighted by atomic mass is 32.7. The molecule has 2 atom stereocenters. The molecule has 21 heavy (non-hydrogen) atoms. The van der Waals surface area contributed by atoms with Gasteiger partial charge < -0.3 is 4.52 Å². The SMILES string of the molecule is CCC(NP(=O)(OC)Sc1ccccc1)c1ccccc1. The Hall–Kier alpha value is -1.06. The lowest BCUT2D eigenvalue weighted by Gasteiger charge is -2.23. The molecule has 1 N–H and O–H groups in total. The van der Waals surface area contributed by atoms with E-state index >= 15 is 0 Å². The molecule has 0 spiro atoms. The van der Waals surface area contributed by atoms with Gasteiger partial charge in [0.25, 0.3) is 0 Å². The highest BCUT2D eigenvalue weighted by Gasteiger charge is 2.27. The van der Waals surface area contributed by atoms with E-state index in [0.717, 1.165) is 16.9 Å². The second-order valence-corrected chi connectivity index (χ2v) is 8.85. The third-order valence-corrected chi connectivity index (χ3v) is 7.08.